The number of benzene rings is 1. The van der Waals surface area contributed by atoms with E-state index >= 15 is 0 Å². The molecule has 0 aliphatic carbocycles. The Morgan fingerprint density at radius 1 is 1.23 bits per heavy atom. The van der Waals surface area contributed by atoms with Crippen LogP contribution in [0.4, 0.5) is 0 Å². The van der Waals surface area contributed by atoms with E-state index in [9.17, 15) is 4.79 Å². The number of hydrogen-bond donors (Lipinski definition) is 2. The molecule has 0 saturated carbocycles. The molecule has 0 spiro atoms. The summed E-state index contributed by atoms with van der Waals surface area (Å²) in [5, 5.41) is 5.20. The first kappa shape index (κ1) is 21.0. The van der Waals surface area contributed by atoms with E-state index in [0.29, 0.717) is 6.54 Å². The smallest absolute Gasteiger partial charge is 0.245 e. The van der Waals surface area contributed by atoms with Gasteiger partial charge in [0.1, 0.15) is 16.9 Å². The molecule has 0 aliphatic heterocycles. The molecule has 3 heterocycles. The van der Waals surface area contributed by atoms with Crippen molar-refractivity contribution in [3.63, 3.8) is 0 Å². The minimum absolute atomic E-state index is 0.0498. The van der Waals surface area contributed by atoms with E-state index in [0.717, 1.165) is 58.2 Å². The monoisotopic (exact) mass is 418 g/mol. The van der Waals surface area contributed by atoms with Crippen molar-refractivity contribution in [2.24, 2.45) is 0 Å². The molecule has 2 N–H and O–H groups in total. The average Bonchev–Trinajstić information content (AvgIpc) is 3.38. The minimum atomic E-state index is -0.695. The number of ether oxygens (including phenoxy) is 1. The summed E-state index contributed by atoms with van der Waals surface area (Å²) in [5.74, 6) is 0.835. The van der Waals surface area contributed by atoms with Crippen LogP contribution in [-0.2, 0) is 10.3 Å². The molecule has 31 heavy (non-hydrogen) atoms. The number of pyridine rings is 1. The van der Waals surface area contributed by atoms with Crippen molar-refractivity contribution in [3.05, 3.63) is 48.8 Å². The van der Waals surface area contributed by atoms with Crippen LogP contribution in [0.3, 0.4) is 0 Å². The predicted octanol–water partition coefficient (Wildman–Crippen LogP) is 5.23. The third kappa shape index (κ3) is 3.67. The van der Waals surface area contributed by atoms with Gasteiger partial charge in [0.15, 0.2) is 0 Å². The van der Waals surface area contributed by atoms with Crippen LogP contribution in [0, 0.1) is 0 Å². The minimum Gasteiger partial charge on any atom is -0.497 e. The normalized spacial score (nSPS) is 13.4. The Morgan fingerprint density at radius 3 is 2.77 bits per heavy atom. The van der Waals surface area contributed by atoms with Gasteiger partial charge >= 0.3 is 0 Å². The first-order valence-electron chi connectivity index (χ1n) is 10.9. The Balaban J connectivity index is 1.94. The van der Waals surface area contributed by atoms with Crippen molar-refractivity contribution in [1.29, 1.82) is 0 Å². The molecule has 0 bridgehead atoms. The topological polar surface area (TPSA) is 71.9 Å². The molecule has 0 radical (unpaired) electrons. The van der Waals surface area contributed by atoms with Crippen LogP contribution >= 0.6 is 0 Å². The first-order chi connectivity index (χ1) is 15.0. The summed E-state index contributed by atoms with van der Waals surface area (Å²) in [4.78, 5) is 21.2. The van der Waals surface area contributed by atoms with E-state index < -0.39 is 5.54 Å². The summed E-state index contributed by atoms with van der Waals surface area (Å²) in [6, 6.07) is 12.1. The summed E-state index contributed by atoms with van der Waals surface area (Å²) >= 11 is 0. The molecule has 4 aromatic rings. The molecule has 6 heteroatoms. The third-order valence-corrected chi connectivity index (χ3v) is 5.99. The number of carbonyl (C=O) groups excluding carboxylic acids is 1. The molecular formula is C25H30N4O2. The Hall–Kier alpha value is -3.28. The Bertz CT molecular complexity index is 1190. The number of rotatable bonds is 8. The molecule has 0 aliphatic rings. The van der Waals surface area contributed by atoms with E-state index in [1.807, 2.05) is 37.3 Å². The van der Waals surface area contributed by atoms with Crippen molar-refractivity contribution < 1.29 is 9.53 Å². The SMILES string of the molecule is CCCNC(=O)C(C)(CCC)n1cc(-c2cc3cccnc3[nH]2)c2cc(OC)ccc21. The maximum Gasteiger partial charge on any atom is 0.245 e. The van der Waals surface area contributed by atoms with Gasteiger partial charge < -0.3 is 19.6 Å². The van der Waals surface area contributed by atoms with Crippen LogP contribution < -0.4 is 10.1 Å². The lowest BCUT2D eigenvalue weighted by molar-refractivity contribution is -0.129. The van der Waals surface area contributed by atoms with E-state index in [2.05, 4.69) is 46.0 Å². The molecule has 0 fully saturated rings. The van der Waals surface area contributed by atoms with E-state index in [1.165, 1.54) is 0 Å². The fourth-order valence-corrected chi connectivity index (χ4v) is 4.32. The van der Waals surface area contributed by atoms with Gasteiger partial charge in [0.05, 0.1) is 7.11 Å². The Morgan fingerprint density at radius 2 is 2.06 bits per heavy atom. The molecule has 1 amide bonds. The van der Waals surface area contributed by atoms with Crippen LogP contribution in [0.25, 0.3) is 33.2 Å². The second-order valence-corrected chi connectivity index (χ2v) is 8.20. The summed E-state index contributed by atoms with van der Waals surface area (Å²) in [5.41, 5.74) is 3.15. The summed E-state index contributed by atoms with van der Waals surface area (Å²) < 4.78 is 7.63. The van der Waals surface area contributed by atoms with Crippen LogP contribution in [0.2, 0.25) is 0 Å². The molecule has 0 saturated heterocycles. The van der Waals surface area contributed by atoms with Gasteiger partial charge in [-0.3, -0.25) is 4.79 Å². The number of hydrogen-bond acceptors (Lipinski definition) is 3. The zero-order valence-corrected chi connectivity index (χ0v) is 18.7. The molecule has 4 rings (SSSR count). The number of aromatic nitrogens is 3. The highest BCUT2D eigenvalue weighted by molar-refractivity contribution is 6.00. The lowest BCUT2D eigenvalue weighted by atomic mass is 9.94. The number of methoxy groups -OCH3 is 1. The summed E-state index contributed by atoms with van der Waals surface area (Å²) in [6.07, 6.45) is 6.43. The Kier molecular flexibility index (Phi) is 5.72. The van der Waals surface area contributed by atoms with Gasteiger partial charge in [-0.15, -0.1) is 0 Å². The highest BCUT2D eigenvalue weighted by atomic mass is 16.5. The van der Waals surface area contributed by atoms with Gasteiger partial charge in [-0.2, -0.15) is 0 Å². The lowest BCUT2D eigenvalue weighted by Crippen LogP contribution is -2.46. The van der Waals surface area contributed by atoms with Gasteiger partial charge in [0.2, 0.25) is 5.91 Å². The van der Waals surface area contributed by atoms with Gasteiger partial charge in [-0.25, -0.2) is 4.98 Å². The number of fused-ring (bicyclic) bond motifs is 2. The fraction of sp³-hybridized carbons (Fsp3) is 0.360. The summed E-state index contributed by atoms with van der Waals surface area (Å²) in [7, 11) is 1.67. The number of nitrogens with zero attached hydrogens (tertiary/aromatic N) is 2. The van der Waals surface area contributed by atoms with E-state index in [4.69, 9.17) is 4.74 Å². The molecule has 1 aromatic carbocycles. The third-order valence-electron chi connectivity index (χ3n) is 5.99. The van der Waals surface area contributed by atoms with Crippen molar-refractivity contribution >= 4 is 27.8 Å². The number of aromatic amines is 1. The van der Waals surface area contributed by atoms with Gasteiger partial charge in [0.25, 0.3) is 0 Å². The number of nitrogens with one attached hydrogen (secondary N) is 2. The maximum absolute atomic E-state index is 13.3. The largest absolute Gasteiger partial charge is 0.497 e. The zero-order valence-electron chi connectivity index (χ0n) is 18.7. The molecule has 3 aromatic heterocycles. The molecular weight excluding hydrogens is 388 g/mol. The number of amides is 1. The van der Waals surface area contributed by atoms with Crippen LogP contribution in [0.5, 0.6) is 5.75 Å². The fourth-order valence-electron chi connectivity index (χ4n) is 4.32. The van der Waals surface area contributed by atoms with Crippen molar-refractivity contribution in [3.8, 4) is 17.0 Å². The van der Waals surface area contributed by atoms with Crippen molar-refractivity contribution in [2.75, 3.05) is 13.7 Å². The Labute approximate surface area is 182 Å². The lowest BCUT2D eigenvalue weighted by Gasteiger charge is -2.31. The average molecular weight is 419 g/mol. The molecule has 1 atom stereocenters. The van der Waals surface area contributed by atoms with Crippen LogP contribution in [0.1, 0.15) is 40.0 Å². The van der Waals surface area contributed by atoms with Gasteiger partial charge in [-0.1, -0.05) is 20.3 Å². The highest BCUT2D eigenvalue weighted by Gasteiger charge is 2.35. The van der Waals surface area contributed by atoms with Gasteiger partial charge in [-0.05, 0) is 56.2 Å². The zero-order chi connectivity index (χ0) is 22.0. The molecule has 162 valence electrons. The number of carbonyl (C=O) groups is 1. The van der Waals surface area contributed by atoms with Gasteiger partial charge in [0, 0.05) is 46.5 Å². The summed E-state index contributed by atoms with van der Waals surface area (Å²) in [6.45, 7) is 6.88. The second-order valence-electron chi connectivity index (χ2n) is 8.20. The predicted molar refractivity (Wildman–Crippen MR) is 125 cm³/mol. The maximum atomic E-state index is 13.3. The van der Waals surface area contributed by atoms with Crippen LogP contribution in [-0.4, -0.2) is 34.1 Å². The first-order valence-corrected chi connectivity index (χ1v) is 10.9. The molecule has 6 nitrogen and oxygen atoms in total. The highest BCUT2D eigenvalue weighted by Crippen LogP contribution is 2.38. The molecule has 1 unspecified atom stereocenters. The van der Waals surface area contributed by atoms with E-state index in [1.54, 1.807) is 13.3 Å². The second kappa shape index (κ2) is 8.46. The van der Waals surface area contributed by atoms with Crippen molar-refractivity contribution in [1.82, 2.24) is 19.9 Å². The number of H-pyrrole nitrogens is 1. The van der Waals surface area contributed by atoms with E-state index in [-0.39, 0.29) is 5.91 Å². The van der Waals surface area contributed by atoms with Crippen molar-refractivity contribution in [2.45, 2.75) is 45.6 Å². The standard InChI is InChI=1S/C25H30N4O2/c1-5-11-25(3,24(30)27-12-6-2)29-16-20(19-15-18(31-4)9-10-22(19)29)21-14-17-8-7-13-26-23(17)28-21/h7-10,13-16H,5-6,11-12H2,1-4H3,(H,26,28)(H,27,30). The quantitative estimate of drug-likeness (QED) is 0.411. The van der Waals surface area contributed by atoms with Crippen LogP contribution in [0.15, 0.2) is 48.8 Å².